The maximum Gasteiger partial charge on any atom is 0.0512 e. The van der Waals surface area contributed by atoms with Crippen molar-refractivity contribution in [2.75, 3.05) is 13.2 Å². The molecule has 0 aromatic rings. The van der Waals surface area contributed by atoms with Crippen molar-refractivity contribution in [2.24, 2.45) is 23.5 Å². The van der Waals surface area contributed by atoms with E-state index in [0.29, 0.717) is 5.92 Å². The van der Waals surface area contributed by atoms with Gasteiger partial charge in [0.05, 0.1) is 6.61 Å². The van der Waals surface area contributed by atoms with Crippen molar-refractivity contribution >= 4 is 0 Å². The predicted molar refractivity (Wildman–Crippen MR) is 60.5 cm³/mol. The topological polar surface area (TPSA) is 35.2 Å². The Kier molecular flexibility index (Phi) is 2.52. The van der Waals surface area contributed by atoms with Crippen molar-refractivity contribution in [2.45, 2.75) is 50.5 Å². The summed E-state index contributed by atoms with van der Waals surface area (Å²) in [4.78, 5) is 0. The minimum absolute atomic E-state index is 0.127. The molecule has 3 atom stereocenters. The van der Waals surface area contributed by atoms with Crippen LogP contribution in [0, 0.1) is 17.8 Å². The second-order valence-corrected chi connectivity index (χ2v) is 5.99. The summed E-state index contributed by atoms with van der Waals surface area (Å²) in [6, 6.07) is 0. The largest absolute Gasteiger partial charge is 0.381 e. The maximum absolute atomic E-state index is 6.64. The van der Waals surface area contributed by atoms with Crippen molar-refractivity contribution in [1.29, 1.82) is 0 Å². The third kappa shape index (κ3) is 1.94. The third-order valence-corrected chi connectivity index (χ3v) is 4.89. The summed E-state index contributed by atoms with van der Waals surface area (Å²) >= 11 is 0. The molecule has 3 unspecified atom stereocenters. The molecule has 2 nitrogen and oxygen atoms in total. The standard InChI is InChI=1S/C13H23NO/c14-13(12-5-7-15-9-12)6-1-2-11(8-13)10-3-4-10/h10-12H,1-9,14H2. The molecule has 86 valence electrons. The fourth-order valence-electron chi connectivity index (χ4n) is 3.71. The highest BCUT2D eigenvalue weighted by atomic mass is 16.5. The molecule has 2 saturated carbocycles. The zero-order chi connectivity index (χ0) is 10.3. The lowest BCUT2D eigenvalue weighted by Crippen LogP contribution is -2.51. The van der Waals surface area contributed by atoms with Gasteiger partial charge in [0.25, 0.3) is 0 Å². The second kappa shape index (κ2) is 3.74. The highest BCUT2D eigenvalue weighted by Gasteiger charge is 2.44. The Hall–Kier alpha value is -0.0800. The van der Waals surface area contributed by atoms with Gasteiger partial charge in [-0.25, -0.2) is 0 Å². The molecule has 15 heavy (non-hydrogen) atoms. The average molecular weight is 209 g/mol. The van der Waals surface area contributed by atoms with E-state index in [9.17, 15) is 0 Å². The van der Waals surface area contributed by atoms with E-state index < -0.39 is 0 Å². The molecule has 0 aromatic carbocycles. The molecule has 0 bridgehead atoms. The van der Waals surface area contributed by atoms with Crippen LogP contribution in [0.25, 0.3) is 0 Å². The predicted octanol–water partition coefficient (Wildman–Crippen LogP) is 2.32. The third-order valence-electron chi connectivity index (χ3n) is 4.89. The normalized spacial score (nSPS) is 47.0. The smallest absolute Gasteiger partial charge is 0.0512 e. The Labute approximate surface area is 92.6 Å². The second-order valence-electron chi connectivity index (χ2n) is 5.99. The fourth-order valence-corrected chi connectivity index (χ4v) is 3.71. The zero-order valence-corrected chi connectivity index (χ0v) is 9.58. The van der Waals surface area contributed by atoms with Crippen LogP contribution in [0.15, 0.2) is 0 Å². The van der Waals surface area contributed by atoms with E-state index in [1.54, 1.807) is 0 Å². The molecule has 1 aliphatic heterocycles. The van der Waals surface area contributed by atoms with Crippen LogP contribution in [-0.4, -0.2) is 18.8 Å². The molecule has 3 rings (SSSR count). The van der Waals surface area contributed by atoms with E-state index in [4.69, 9.17) is 10.5 Å². The van der Waals surface area contributed by atoms with Gasteiger partial charge in [-0.2, -0.15) is 0 Å². The van der Waals surface area contributed by atoms with Crippen molar-refractivity contribution in [3.05, 3.63) is 0 Å². The molecule has 2 aliphatic carbocycles. The summed E-state index contributed by atoms with van der Waals surface area (Å²) < 4.78 is 5.51. The minimum Gasteiger partial charge on any atom is -0.381 e. The van der Waals surface area contributed by atoms with Gasteiger partial charge in [0.15, 0.2) is 0 Å². The van der Waals surface area contributed by atoms with Crippen LogP contribution in [0.5, 0.6) is 0 Å². The highest BCUT2D eigenvalue weighted by Crippen LogP contribution is 2.48. The Morgan fingerprint density at radius 2 is 1.93 bits per heavy atom. The summed E-state index contributed by atoms with van der Waals surface area (Å²) in [7, 11) is 0. The summed E-state index contributed by atoms with van der Waals surface area (Å²) in [6.07, 6.45) is 9.47. The van der Waals surface area contributed by atoms with E-state index >= 15 is 0 Å². The zero-order valence-electron chi connectivity index (χ0n) is 9.58. The van der Waals surface area contributed by atoms with E-state index in [-0.39, 0.29) is 5.54 Å². The highest BCUT2D eigenvalue weighted by molar-refractivity contribution is 5.00. The van der Waals surface area contributed by atoms with Crippen LogP contribution in [0.3, 0.4) is 0 Å². The van der Waals surface area contributed by atoms with Crippen LogP contribution in [-0.2, 0) is 4.74 Å². The lowest BCUT2D eigenvalue weighted by atomic mass is 9.68. The molecule has 3 aliphatic rings. The van der Waals surface area contributed by atoms with Gasteiger partial charge in [-0.3, -0.25) is 0 Å². The summed E-state index contributed by atoms with van der Waals surface area (Å²) in [5.41, 5.74) is 6.77. The molecular weight excluding hydrogens is 186 g/mol. The number of rotatable bonds is 2. The molecule has 2 heteroatoms. The number of ether oxygens (including phenoxy) is 1. The lowest BCUT2D eigenvalue weighted by Gasteiger charge is -2.42. The molecule has 0 radical (unpaired) electrons. The first-order valence-electron chi connectivity index (χ1n) is 6.64. The van der Waals surface area contributed by atoms with Gasteiger partial charge in [0.2, 0.25) is 0 Å². The summed E-state index contributed by atoms with van der Waals surface area (Å²) in [6.45, 7) is 1.87. The van der Waals surface area contributed by atoms with Crippen LogP contribution in [0.4, 0.5) is 0 Å². The molecular formula is C13H23NO. The van der Waals surface area contributed by atoms with Gasteiger partial charge in [0.1, 0.15) is 0 Å². The van der Waals surface area contributed by atoms with E-state index in [1.807, 2.05) is 0 Å². The number of hydrogen-bond donors (Lipinski definition) is 1. The summed E-state index contributed by atoms with van der Waals surface area (Å²) in [5, 5.41) is 0. The monoisotopic (exact) mass is 209 g/mol. The van der Waals surface area contributed by atoms with Gasteiger partial charge < -0.3 is 10.5 Å². The molecule has 2 N–H and O–H groups in total. The quantitative estimate of drug-likeness (QED) is 0.757. The van der Waals surface area contributed by atoms with E-state index in [0.717, 1.165) is 25.0 Å². The van der Waals surface area contributed by atoms with Gasteiger partial charge in [-0.15, -0.1) is 0 Å². The van der Waals surface area contributed by atoms with Crippen molar-refractivity contribution in [3.63, 3.8) is 0 Å². The molecule has 1 saturated heterocycles. The van der Waals surface area contributed by atoms with Gasteiger partial charge in [-0.05, 0) is 43.9 Å². The van der Waals surface area contributed by atoms with Crippen LogP contribution < -0.4 is 5.73 Å². The SMILES string of the molecule is NC1(C2CCOC2)CCCC(C2CC2)C1. The molecule has 0 spiro atoms. The Bertz CT molecular complexity index is 233. The Balaban J connectivity index is 1.67. The molecule has 0 aromatic heterocycles. The van der Waals surface area contributed by atoms with Gasteiger partial charge >= 0.3 is 0 Å². The van der Waals surface area contributed by atoms with Crippen LogP contribution in [0.2, 0.25) is 0 Å². The van der Waals surface area contributed by atoms with Crippen molar-refractivity contribution in [1.82, 2.24) is 0 Å². The van der Waals surface area contributed by atoms with Crippen molar-refractivity contribution < 1.29 is 4.74 Å². The first-order valence-corrected chi connectivity index (χ1v) is 6.64. The van der Waals surface area contributed by atoms with E-state index in [1.165, 1.54) is 44.9 Å². The average Bonchev–Trinajstić information content (AvgIpc) is 2.93. The van der Waals surface area contributed by atoms with Gasteiger partial charge in [0, 0.05) is 18.1 Å². The fraction of sp³-hybridized carbons (Fsp3) is 1.00. The Morgan fingerprint density at radius 1 is 1.07 bits per heavy atom. The molecule has 0 amide bonds. The first-order chi connectivity index (χ1) is 7.28. The van der Waals surface area contributed by atoms with Crippen molar-refractivity contribution in [3.8, 4) is 0 Å². The van der Waals surface area contributed by atoms with Crippen LogP contribution >= 0.6 is 0 Å². The minimum atomic E-state index is 0.127. The Morgan fingerprint density at radius 3 is 2.60 bits per heavy atom. The number of nitrogens with two attached hydrogens (primary N) is 1. The summed E-state index contributed by atoms with van der Waals surface area (Å²) in [5.74, 6) is 2.64. The number of hydrogen-bond acceptors (Lipinski definition) is 2. The first kappa shape index (κ1) is 10.1. The maximum atomic E-state index is 6.64. The molecule has 3 fully saturated rings. The lowest BCUT2D eigenvalue weighted by molar-refractivity contribution is 0.116. The van der Waals surface area contributed by atoms with Crippen LogP contribution in [0.1, 0.15) is 44.9 Å². The van der Waals surface area contributed by atoms with E-state index in [2.05, 4.69) is 0 Å². The molecule has 1 heterocycles. The van der Waals surface area contributed by atoms with Gasteiger partial charge in [-0.1, -0.05) is 12.8 Å².